The molecule has 0 atom stereocenters. The zero-order chi connectivity index (χ0) is 9.68. The van der Waals surface area contributed by atoms with Gasteiger partial charge in [0, 0.05) is 18.1 Å². The molecule has 0 radical (unpaired) electrons. The lowest BCUT2D eigenvalue weighted by Gasteiger charge is -2.07. The highest BCUT2D eigenvalue weighted by Crippen LogP contribution is 2.10. The summed E-state index contributed by atoms with van der Waals surface area (Å²) < 4.78 is 1.09. The van der Waals surface area contributed by atoms with Gasteiger partial charge >= 0.3 is 0 Å². The van der Waals surface area contributed by atoms with E-state index in [0.29, 0.717) is 0 Å². The molecule has 0 bridgehead atoms. The first-order chi connectivity index (χ1) is 6.22. The number of hydrogen-bond donors (Lipinski definition) is 0. The van der Waals surface area contributed by atoms with Gasteiger partial charge in [0.1, 0.15) is 0 Å². The third-order valence-electron chi connectivity index (χ3n) is 1.82. The summed E-state index contributed by atoms with van der Waals surface area (Å²) in [5.41, 5.74) is 1.25. The first-order valence-electron chi connectivity index (χ1n) is 4.07. The van der Waals surface area contributed by atoms with Gasteiger partial charge in [-0.25, -0.2) is 0 Å². The molecule has 3 heteroatoms. The number of rotatable bonds is 3. The Morgan fingerprint density at radius 2 is 2.00 bits per heavy atom. The molecule has 0 fully saturated rings. The van der Waals surface area contributed by atoms with E-state index >= 15 is 0 Å². The summed E-state index contributed by atoms with van der Waals surface area (Å²) in [7, 11) is 1.79. The molecule has 0 aliphatic rings. The molecule has 2 nitrogen and oxygen atoms in total. The standard InChI is InChI=1S/C10H11BrN2/c1-13(8-12)7-6-9-2-4-10(11)5-3-9/h2-5H,6-7H2,1H3. The second-order valence-electron chi connectivity index (χ2n) is 2.90. The Hall–Kier alpha value is -1.01. The van der Waals surface area contributed by atoms with E-state index in [1.807, 2.05) is 12.1 Å². The maximum atomic E-state index is 8.53. The number of likely N-dealkylation sites (N-methyl/N-ethyl adjacent to an activating group) is 1. The molecule has 0 aliphatic heterocycles. The van der Waals surface area contributed by atoms with Crippen LogP contribution in [0.25, 0.3) is 0 Å². The largest absolute Gasteiger partial charge is 0.313 e. The van der Waals surface area contributed by atoms with Gasteiger partial charge in [-0.3, -0.25) is 0 Å². The van der Waals surface area contributed by atoms with Crippen molar-refractivity contribution in [2.45, 2.75) is 6.42 Å². The van der Waals surface area contributed by atoms with Crippen LogP contribution in [0, 0.1) is 11.5 Å². The molecule has 1 rings (SSSR count). The molecule has 68 valence electrons. The van der Waals surface area contributed by atoms with E-state index in [0.717, 1.165) is 17.4 Å². The van der Waals surface area contributed by atoms with Crippen molar-refractivity contribution in [3.63, 3.8) is 0 Å². The number of nitrogens with zero attached hydrogens (tertiary/aromatic N) is 2. The van der Waals surface area contributed by atoms with E-state index in [4.69, 9.17) is 5.26 Å². The molecule has 0 saturated heterocycles. The smallest absolute Gasteiger partial charge is 0.179 e. The van der Waals surface area contributed by atoms with Crippen molar-refractivity contribution in [2.24, 2.45) is 0 Å². The van der Waals surface area contributed by atoms with E-state index in [2.05, 4.69) is 34.3 Å². The Balaban J connectivity index is 2.47. The maximum Gasteiger partial charge on any atom is 0.179 e. The quantitative estimate of drug-likeness (QED) is 0.598. The van der Waals surface area contributed by atoms with Crippen molar-refractivity contribution in [1.29, 1.82) is 5.26 Å². The zero-order valence-electron chi connectivity index (χ0n) is 7.50. The van der Waals surface area contributed by atoms with Crippen molar-refractivity contribution in [3.8, 4) is 6.19 Å². The minimum absolute atomic E-state index is 0.776. The van der Waals surface area contributed by atoms with Gasteiger partial charge in [0.25, 0.3) is 0 Å². The monoisotopic (exact) mass is 238 g/mol. The number of halogens is 1. The lowest BCUT2D eigenvalue weighted by molar-refractivity contribution is 0.478. The topological polar surface area (TPSA) is 27.0 Å². The number of benzene rings is 1. The van der Waals surface area contributed by atoms with Crippen LogP contribution in [-0.2, 0) is 6.42 Å². The molecular weight excluding hydrogens is 228 g/mol. The Morgan fingerprint density at radius 1 is 1.38 bits per heavy atom. The lowest BCUT2D eigenvalue weighted by atomic mass is 10.1. The van der Waals surface area contributed by atoms with Crippen molar-refractivity contribution >= 4 is 15.9 Å². The van der Waals surface area contributed by atoms with Crippen LogP contribution in [0.15, 0.2) is 28.7 Å². The van der Waals surface area contributed by atoms with Gasteiger partial charge < -0.3 is 4.90 Å². The van der Waals surface area contributed by atoms with E-state index in [1.165, 1.54) is 5.56 Å². The van der Waals surface area contributed by atoms with Gasteiger partial charge in [-0.15, -0.1) is 0 Å². The third kappa shape index (κ3) is 3.47. The van der Waals surface area contributed by atoms with E-state index in [1.54, 1.807) is 11.9 Å². The highest BCUT2D eigenvalue weighted by molar-refractivity contribution is 9.10. The Labute approximate surface area is 86.9 Å². The molecule has 0 N–H and O–H groups in total. The first-order valence-corrected chi connectivity index (χ1v) is 4.87. The van der Waals surface area contributed by atoms with Crippen molar-refractivity contribution in [3.05, 3.63) is 34.3 Å². The first kappa shape index (κ1) is 10.1. The molecule has 1 aromatic carbocycles. The predicted molar refractivity (Wildman–Crippen MR) is 56.1 cm³/mol. The number of hydrogen-bond acceptors (Lipinski definition) is 2. The molecule has 0 aliphatic carbocycles. The van der Waals surface area contributed by atoms with Crippen molar-refractivity contribution in [2.75, 3.05) is 13.6 Å². The molecular formula is C10H11BrN2. The average molecular weight is 239 g/mol. The van der Waals surface area contributed by atoms with Crippen LogP contribution >= 0.6 is 15.9 Å². The summed E-state index contributed by atoms with van der Waals surface area (Å²) in [6, 6.07) is 8.16. The van der Waals surface area contributed by atoms with E-state index in [-0.39, 0.29) is 0 Å². The highest BCUT2D eigenvalue weighted by atomic mass is 79.9. The van der Waals surface area contributed by atoms with Gasteiger partial charge in [0.05, 0.1) is 0 Å². The average Bonchev–Trinajstić information content (AvgIpc) is 2.16. The minimum Gasteiger partial charge on any atom is -0.313 e. The van der Waals surface area contributed by atoms with Gasteiger partial charge in [-0.2, -0.15) is 5.26 Å². The molecule has 0 aromatic heterocycles. The van der Waals surface area contributed by atoms with Crippen LogP contribution in [0.5, 0.6) is 0 Å². The Kier molecular flexibility index (Phi) is 3.78. The summed E-state index contributed by atoms with van der Waals surface area (Å²) in [6.45, 7) is 0.776. The van der Waals surface area contributed by atoms with Crippen LogP contribution in [0.4, 0.5) is 0 Å². The van der Waals surface area contributed by atoms with Gasteiger partial charge in [-0.1, -0.05) is 28.1 Å². The van der Waals surface area contributed by atoms with Crippen molar-refractivity contribution < 1.29 is 0 Å². The fourth-order valence-corrected chi connectivity index (χ4v) is 1.26. The molecule has 0 heterocycles. The van der Waals surface area contributed by atoms with Gasteiger partial charge in [0.15, 0.2) is 6.19 Å². The van der Waals surface area contributed by atoms with Crippen LogP contribution in [0.2, 0.25) is 0 Å². The number of nitriles is 1. The van der Waals surface area contributed by atoms with Crippen LogP contribution in [0.3, 0.4) is 0 Å². The van der Waals surface area contributed by atoms with Gasteiger partial charge in [0.2, 0.25) is 0 Å². The Morgan fingerprint density at radius 3 is 2.54 bits per heavy atom. The minimum atomic E-state index is 0.776. The summed E-state index contributed by atoms with van der Waals surface area (Å²) in [5.74, 6) is 0. The molecule has 0 spiro atoms. The van der Waals surface area contributed by atoms with E-state index in [9.17, 15) is 0 Å². The second kappa shape index (κ2) is 4.88. The summed E-state index contributed by atoms with van der Waals surface area (Å²) in [5, 5.41) is 8.53. The molecule has 13 heavy (non-hydrogen) atoms. The Bertz CT molecular complexity index is 300. The lowest BCUT2D eigenvalue weighted by Crippen LogP contribution is -2.14. The fraction of sp³-hybridized carbons (Fsp3) is 0.300. The summed E-state index contributed by atoms with van der Waals surface area (Å²) in [6.07, 6.45) is 2.98. The van der Waals surface area contributed by atoms with Crippen LogP contribution < -0.4 is 0 Å². The summed E-state index contributed by atoms with van der Waals surface area (Å²) >= 11 is 3.38. The van der Waals surface area contributed by atoms with Crippen LogP contribution in [-0.4, -0.2) is 18.5 Å². The normalized spacial score (nSPS) is 9.31. The maximum absolute atomic E-state index is 8.53. The van der Waals surface area contributed by atoms with Gasteiger partial charge in [-0.05, 0) is 24.1 Å². The molecule has 1 aromatic rings. The second-order valence-corrected chi connectivity index (χ2v) is 3.81. The third-order valence-corrected chi connectivity index (χ3v) is 2.35. The fourth-order valence-electron chi connectivity index (χ4n) is 0.998. The highest BCUT2D eigenvalue weighted by Gasteiger charge is 1.95. The predicted octanol–water partition coefficient (Wildman–Crippen LogP) is 2.40. The zero-order valence-corrected chi connectivity index (χ0v) is 9.08. The van der Waals surface area contributed by atoms with Crippen molar-refractivity contribution in [1.82, 2.24) is 4.90 Å². The SMILES string of the molecule is CN(C#N)CCc1ccc(Br)cc1. The summed E-state index contributed by atoms with van der Waals surface area (Å²) in [4.78, 5) is 1.63. The molecule has 0 saturated carbocycles. The molecule has 0 unspecified atom stereocenters. The molecule has 0 amide bonds. The van der Waals surface area contributed by atoms with E-state index < -0.39 is 0 Å². The van der Waals surface area contributed by atoms with Crippen LogP contribution in [0.1, 0.15) is 5.56 Å².